The number of rotatable bonds is 4. The van der Waals surface area contributed by atoms with Crippen molar-refractivity contribution in [2.24, 2.45) is 0 Å². The number of furan rings is 2. The first-order valence-electron chi connectivity index (χ1n) is 22.6. The Hall–Kier alpha value is -8.61. The maximum Gasteiger partial charge on any atom is 0.238 e. The molecular formula is C60H40N4O2. The Bertz CT molecular complexity index is 4240. The van der Waals surface area contributed by atoms with E-state index in [1.807, 2.05) is 36.4 Å². The highest BCUT2D eigenvalue weighted by Crippen LogP contribution is 2.47. The minimum atomic E-state index is 0.513. The van der Waals surface area contributed by atoms with Gasteiger partial charge in [-0.25, -0.2) is 4.98 Å². The molecule has 66 heavy (non-hydrogen) atoms. The molecule has 0 fully saturated rings. The minimum Gasteiger partial charge on any atom is -0.456 e. The Morgan fingerprint density at radius 1 is 0.379 bits per heavy atom. The largest absolute Gasteiger partial charge is 0.456 e. The molecule has 0 unspecified atom stereocenters. The number of hydrogen-bond donors (Lipinski definition) is 0. The van der Waals surface area contributed by atoms with Crippen LogP contribution in [0.15, 0.2) is 203 Å². The van der Waals surface area contributed by atoms with Gasteiger partial charge in [-0.2, -0.15) is 9.97 Å². The Labute approximate surface area is 379 Å². The Morgan fingerprint density at radius 3 is 1.79 bits per heavy atom. The molecule has 0 bridgehead atoms. The van der Waals surface area contributed by atoms with Crippen molar-refractivity contribution < 1.29 is 8.83 Å². The van der Waals surface area contributed by atoms with Crippen LogP contribution in [0.4, 0.5) is 0 Å². The number of aromatic nitrogens is 4. The van der Waals surface area contributed by atoms with E-state index in [9.17, 15) is 0 Å². The molecule has 0 saturated heterocycles. The van der Waals surface area contributed by atoms with E-state index in [2.05, 4.69) is 176 Å². The number of hydrogen-bond acceptors (Lipinski definition) is 5. The molecule has 6 heteroatoms. The Balaban J connectivity index is 0.00000141. The molecule has 4 aromatic heterocycles. The molecule has 0 aliphatic rings. The molecule has 0 N–H and O–H groups in total. The molecule has 0 atom stereocenters. The van der Waals surface area contributed by atoms with Crippen LogP contribution in [0.2, 0.25) is 0 Å². The standard InChI is InChI=1S/C57H32N4O2.C3H8/c1-2-15-34(16-3-1)55-58-56(35-28-30-40-39-20-10-11-27-47(39)62-49(40)32-35)60-57(59-55)61-52-43(44-24-13-26-46-50-36-17-5-4-14-33(36)29-31-48(50)63-54(44)46)23-12-25-45(52)51-41-21-8-6-18-37(41)38-19-7-9-22-42(38)53(51)61;1-3-2/h1-32H;3H2,1-2H3. The molecule has 0 amide bonds. The Morgan fingerprint density at radius 2 is 0.985 bits per heavy atom. The van der Waals surface area contributed by atoms with E-state index in [1.54, 1.807) is 0 Å². The molecule has 0 spiro atoms. The van der Waals surface area contributed by atoms with Gasteiger partial charge in [-0.1, -0.05) is 190 Å². The molecule has 0 saturated carbocycles. The summed E-state index contributed by atoms with van der Waals surface area (Å²) in [5, 5.41) is 13.5. The number of nitrogens with zero attached hydrogens (tertiary/aromatic N) is 4. The molecule has 0 radical (unpaired) electrons. The minimum absolute atomic E-state index is 0.513. The van der Waals surface area contributed by atoms with Gasteiger partial charge < -0.3 is 8.83 Å². The third kappa shape index (κ3) is 5.71. The summed E-state index contributed by atoms with van der Waals surface area (Å²) < 4.78 is 15.6. The second-order valence-electron chi connectivity index (χ2n) is 17.0. The highest BCUT2D eigenvalue weighted by atomic mass is 16.3. The normalized spacial score (nSPS) is 11.8. The summed E-state index contributed by atoms with van der Waals surface area (Å²) >= 11 is 0. The first-order chi connectivity index (χ1) is 32.7. The van der Waals surface area contributed by atoms with Crippen LogP contribution in [0.1, 0.15) is 20.3 Å². The lowest BCUT2D eigenvalue weighted by atomic mass is 9.95. The van der Waals surface area contributed by atoms with Gasteiger partial charge in [-0.3, -0.25) is 4.57 Å². The van der Waals surface area contributed by atoms with Gasteiger partial charge >= 0.3 is 0 Å². The van der Waals surface area contributed by atoms with Crippen molar-refractivity contribution in [1.82, 2.24) is 19.5 Å². The fourth-order valence-corrected chi connectivity index (χ4v) is 10.1. The third-order valence-electron chi connectivity index (χ3n) is 12.8. The van der Waals surface area contributed by atoms with E-state index in [0.717, 1.165) is 104 Å². The van der Waals surface area contributed by atoms with Gasteiger partial charge in [0.2, 0.25) is 5.95 Å². The molecule has 0 aliphatic carbocycles. The lowest BCUT2D eigenvalue weighted by Crippen LogP contribution is -2.07. The molecular weight excluding hydrogens is 809 g/mol. The SMILES string of the molecule is CCC.c1ccc(-c2nc(-c3ccc4c(c3)oc3ccccc34)nc(-n3c4c(-c5cccc6c5oc5ccc7ccccc7c56)cccc4c4c5ccccc5c5ccccc5c43)n2)cc1. The van der Waals surface area contributed by atoms with Gasteiger partial charge in [0.1, 0.15) is 22.3 Å². The summed E-state index contributed by atoms with van der Waals surface area (Å²) in [4.78, 5) is 16.1. The van der Waals surface area contributed by atoms with E-state index in [1.165, 1.54) is 22.6 Å². The predicted octanol–water partition coefficient (Wildman–Crippen LogP) is 16.6. The van der Waals surface area contributed by atoms with Gasteiger partial charge in [0, 0.05) is 60.0 Å². The summed E-state index contributed by atoms with van der Waals surface area (Å²) in [6.45, 7) is 4.25. The van der Waals surface area contributed by atoms with Crippen molar-refractivity contribution in [3.8, 4) is 39.9 Å². The lowest BCUT2D eigenvalue weighted by molar-refractivity contribution is 0.669. The van der Waals surface area contributed by atoms with Gasteiger partial charge in [0.15, 0.2) is 11.6 Å². The molecule has 14 aromatic rings. The van der Waals surface area contributed by atoms with E-state index in [4.69, 9.17) is 23.8 Å². The van der Waals surface area contributed by atoms with Crippen molar-refractivity contribution in [2.75, 3.05) is 0 Å². The first kappa shape index (κ1) is 37.9. The van der Waals surface area contributed by atoms with Gasteiger partial charge in [0.25, 0.3) is 0 Å². The summed E-state index contributed by atoms with van der Waals surface area (Å²) in [6.07, 6.45) is 1.25. The summed E-state index contributed by atoms with van der Waals surface area (Å²) in [5.41, 5.74) is 9.05. The number of fused-ring (bicyclic) bond motifs is 16. The quantitative estimate of drug-likeness (QED) is 0.165. The molecule has 14 rings (SSSR count). The van der Waals surface area contributed by atoms with Crippen molar-refractivity contribution in [3.05, 3.63) is 194 Å². The van der Waals surface area contributed by atoms with E-state index in [-0.39, 0.29) is 0 Å². The van der Waals surface area contributed by atoms with Crippen molar-refractivity contribution in [1.29, 1.82) is 0 Å². The van der Waals surface area contributed by atoms with Crippen LogP contribution >= 0.6 is 0 Å². The van der Waals surface area contributed by atoms with Crippen molar-refractivity contribution >= 4 is 98.0 Å². The zero-order valence-corrected chi connectivity index (χ0v) is 36.3. The average molecular weight is 849 g/mol. The van der Waals surface area contributed by atoms with Crippen LogP contribution in [0, 0.1) is 0 Å². The molecule has 4 heterocycles. The zero-order valence-electron chi connectivity index (χ0n) is 36.3. The van der Waals surface area contributed by atoms with E-state index in [0.29, 0.717) is 17.6 Å². The maximum atomic E-state index is 6.91. The summed E-state index contributed by atoms with van der Waals surface area (Å²) in [5.74, 6) is 1.63. The second-order valence-corrected chi connectivity index (χ2v) is 17.0. The fraction of sp³-hybridized carbons (Fsp3) is 0.0500. The van der Waals surface area contributed by atoms with Crippen molar-refractivity contribution in [2.45, 2.75) is 20.3 Å². The average Bonchev–Trinajstić information content (AvgIpc) is 4.07. The predicted molar refractivity (Wildman–Crippen MR) is 274 cm³/mol. The molecule has 0 aliphatic heterocycles. The molecule has 10 aromatic carbocycles. The number of benzene rings is 10. The topological polar surface area (TPSA) is 69.9 Å². The van der Waals surface area contributed by atoms with Crippen molar-refractivity contribution in [3.63, 3.8) is 0 Å². The van der Waals surface area contributed by atoms with Crippen LogP contribution in [0.3, 0.4) is 0 Å². The monoisotopic (exact) mass is 848 g/mol. The van der Waals surface area contributed by atoms with Crippen LogP contribution in [-0.4, -0.2) is 19.5 Å². The highest BCUT2D eigenvalue weighted by molar-refractivity contribution is 6.33. The van der Waals surface area contributed by atoms with Crippen LogP contribution < -0.4 is 0 Å². The Kier molecular flexibility index (Phi) is 8.61. The summed E-state index contributed by atoms with van der Waals surface area (Å²) in [7, 11) is 0. The molecule has 6 nitrogen and oxygen atoms in total. The zero-order chi connectivity index (χ0) is 43.9. The smallest absolute Gasteiger partial charge is 0.238 e. The first-order valence-corrected chi connectivity index (χ1v) is 22.6. The van der Waals surface area contributed by atoms with Gasteiger partial charge in [-0.15, -0.1) is 0 Å². The number of para-hydroxylation sites is 3. The maximum absolute atomic E-state index is 6.91. The van der Waals surface area contributed by atoms with Crippen LogP contribution in [0.25, 0.3) is 138 Å². The second kappa shape index (κ2) is 15.0. The summed E-state index contributed by atoms with van der Waals surface area (Å²) in [6, 6.07) is 67.8. The molecule has 312 valence electrons. The van der Waals surface area contributed by atoms with Gasteiger partial charge in [0.05, 0.1) is 11.0 Å². The van der Waals surface area contributed by atoms with E-state index < -0.39 is 0 Å². The third-order valence-corrected chi connectivity index (χ3v) is 12.8. The highest BCUT2D eigenvalue weighted by Gasteiger charge is 2.26. The fourth-order valence-electron chi connectivity index (χ4n) is 10.1. The van der Waals surface area contributed by atoms with Crippen LogP contribution in [0.5, 0.6) is 0 Å². The van der Waals surface area contributed by atoms with E-state index >= 15 is 0 Å². The van der Waals surface area contributed by atoms with Gasteiger partial charge in [-0.05, 0) is 51.2 Å². The lowest BCUT2D eigenvalue weighted by Gasteiger charge is -2.14. The van der Waals surface area contributed by atoms with Crippen LogP contribution in [-0.2, 0) is 0 Å².